The zero-order chi connectivity index (χ0) is 29.9. The Bertz CT molecular complexity index is 1120. The molecule has 3 saturated carbocycles. The van der Waals surface area contributed by atoms with Gasteiger partial charge in [0.2, 0.25) is 5.91 Å². The molecule has 0 radical (unpaired) electrons. The van der Waals surface area contributed by atoms with Crippen molar-refractivity contribution in [3.8, 4) is 0 Å². The van der Waals surface area contributed by atoms with Crippen LogP contribution in [0, 0.1) is 46.3 Å². The second-order valence-electron chi connectivity index (χ2n) is 15.3. The van der Waals surface area contributed by atoms with E-state index in [-0.39, 0.29) is 36.2 Å². The van der Waals surface area contributed by atoms with Crippen molar-refractivity contribution < 1.29 is 14.3 Å². The monoisotopic (exact) mass is 576 g/mol. The minimum atomic E-state index is -0.248. The maximum absolute atomic E-state index is 12.7. The normalized spacial score (nSPS) is 34.5. The van der Waals surface area contributed by atoms with Gasteiger partial charge >= 0.3 is 5.97 Å². The first-order valence-corrected chi connectivity index (χ1v) is 17.1. The van der Waals surface area contributed by atoms with Crippen LogP contribution in [0.25, 0.3) is 0 Å². The summed E-state index contributed by atoms with van der Waals surface area (Å²) in [6.45, 7) is 12.9. The van der Waals surface area contributed by atoms with Gasteiger partial charge < -0.3 is 10.1 Å². The molecule has 1 aromatic heterocycles. The van der Waals surface area contributed by atoms with Gasteiger partial charge in [-0.15, -0.1) is 0 Å². The SMILES string of the molecule is CC(C)CCC[C@@H](C)[C@H]1CC[C@H]2[C@@H]3CC=C4C[C@@H](OC(=O)CCC(=O)NCc5cccnc5)CC[C@]4(C)[C@H]3CC[C@]12C. The van der Waals surface area contributed by atoms with E-state index in [1.165, 1.54) is 51.4 Å². The van der Waals surface area contributed by atoms with Crippen molar-refractivity contribution in [2.24, 2.45) is 46.3 Å². The van der Waals surface area contributed by atoms with Crippen molar-refractivity contribution >= 4 is 11.9 Å². The zero-order valence-electron chi connectivity index (χ0n) is 27.0. The Kier molecular flexibility index (Phi) is 9.84. The third-order valence-electron chi connectivity index (χ3n) is 12.3. The van der Waals surface area contributed by atoms with Crippen LogP contribution in [0.2, 0.25) is 0 Å². The molecule has 0 unspecified atom stereocenters. The molecule has 42 heavy (non-hydrogen) atoms. The lowest BCUT2D eigenvalue weighted by Gasteiger charge is -2.58. The molecule has 1 N–H and O–H groups in total. The van der Waals surface area contributed by atoms with Crippen molar-refractivity contribution in [2.45, 2.75) is 131 Å². The predicted octanol–water partition coefficient (Wildman–Crippen LogP) is 8.43. The van der Waals surface area contributed by atoms with E-state index in [4.69, 9.17) is 4.74 Å². The summed E-state index contributed by atoms with van der Waals surface area (Å²) in [5.74, 6) is 4.62. The minimum absolute atomic E-state index is 0.0526. The minimum Gasteiger partial charge on any atom is -0.462 e. The lowest BCUT2D eigenvalue weighted by molar-refractivity contribution is -0.152. The van der Waals surface area contributed by atoms with Gasteiger partial charge in [0, 0.05) is 31.8 Å². The van der Waals surface area contributed by atoms with Gasteiger partial charge in [-0.05, 0) is 103 Å². The first kappa shape index (κ1) is 31.3. The Morgan fingerprint density at radius 3 is 2.64 bits per heavy atom. The summed E-state index contributed by atoms with van der Waals surface area (Å²) in [7, 11) is 0. The topological polar surface area (TPSA) is 68.3 Å². The summed E-state index contributed by atoms with van der Waals surface area (Å²) in [5, 5.41) is 2.87. The number of esters is 1. The number of nitrogens with zero attached hydrogens (tertiary/aromatic N) is 1. The molecule has 0 saturated heterocycles. The average molecular weight is 577 g/mol. The molecule has 1 aromatic rings. The molecule has 0 aliphatic heterocycles. The zero-order valence-corrected chi connectivity index (χ0v) is 27.0. The van der Waals surface area contributed by atoms with E-state index in [0.717, 1.165) is 60.3 Å². The van der Waals surface area contributed by atoms with Gasteiger partial charge in [0.05, 0.1) is 6.42 Å². The van der Waals surface area contributed by atoms with E-state index in [0.29, 0.717) is 12.0 Å². The van der Waals surface area contributed by atoms with E-state index in [1.54, 1.807) is 18.0 Å². The number of hydrogen-bond donors (Lipinski definition) is 1. The molecule has 8 atom stereocenters. The number of aromatic nitrogens is 1. The van der Waals surface area contributed by atoms with Crippen LogP contribution in [0.15, 0.2) is 36.2 Å². The van der Waals surface area contributed by atoms with Gasteiger partial charge in [0.25, 0.3) is 0 Å². The fraction of sp³-hybridized carbons (Fsp3) is 0.757. The second-order valence-corrected chi connectivity index (χ2v) is 15.3. The Morgan fingerprint density at radius 2 is 1.88 bits per heavy atom. The molecule has 0 aromatic carbocycles. The molecular formula is C37H56N2O3. The van der Waals surface area contributed by atoms with E-state index in [1.807, 2.05) is 12.1 Å². The molecule has 1 heterocycles. The molecular weight excluding hydrogens is 520 g/mol. The number of hydrogen-bond acceptors (Lipinski definition) is 4. The largest absolute Gasteiger partial charge is 0.462 e. The van der Waals surface area contributed by atoms with Crippen LogP contribution in [0.4, 0.5) is 0 Å². The van der Waals surface area contributed by atoms with Crippen molar-refractivity contribution in [3.05, 3.63) is 41.7 Å². The van der Waals surface area contributed by atoms with Crippen LogP contribution in [-0.4, -0.2) is 23.0 Å². The molecule has 1 amide bonds. The van der Waals surface area contributed by atoms with Gasteiger partial charge in [-0.1, -0.05) is 71.6 Å². The molecule has 232 valence electrons. The second kappa shape index (κ2) is 13.2. The lowest BCUT2D eigenvalue weighted by Crippen LogP contribution is -2.51. The van der Waals surface area contributed by atoms with E-state index < -0.39 is 0 Å². The number of ether oxygens (including phenoxy) is 1. The third-order valence-corrected chi connectivity index (χ3v) is 12.3. The Balaban J connectivity index is 1.12. The van der Waals surface area contributed by atoms with Crippen LogP contribution >= 0.6 is 0 Å². The third kappa shape index (κ3) is 6.65. The first-order chi connectivity index (χ1) is 20.1. The van der Waals surface area contributed by atoms with E-state index in [2.05, 4.69) is 51.0 Å². The number of rotatable bonds is 11. The number of pyridine rings is 1. The first-order valence-electron chi connectivity index (χ1n) is 17.1. The highest BCUT2D eigenvalue weighted by atomic mass is 16.5. The molecule has 5 rings (SSSR count). The maximum Gasteiger partial charge on any atom is 0.306 e. The molecule has 5 nitrogen and oxygen atoms in total. The van der Waals surface area contributed by atoms with Gasteiger partial charge in [0.1, 0.15) is 6.10 Å². The fourth-order valence-electron chi connectivity index (χ4n) is 10.0. The number of amides is 1. The van der Waals surface area contributed by atoms with Crippen LogP contribution in [-0.2, 0) is 20.9 Å². The molecule has 4 aliphatic carbocycles. The van der Waals surface area contributed by atoms with Gasteiger partial charge in [0.15, 0.2) is 0 Å². The highest BCUT2D eigenvalue weighted by molar-refractivity contribution is 5.81. The summed E-state index contributed by atoms with van der Waals surface area (Å²) in [4.78, 5) is 29.0. The van der Waals surface area contributed by atoms with Crippen molar-refractivity contribution in [1.29, 1.82) is 0 Å². The number of carbonyl (C=O) groups excluding carboxylic acids is 2. The Morgan fingerprint density at radius 1 is 1.05 bits per heavy atom. The van der Waals surface area contributed by atoms with Crippen LogP contribution in [0.1, 0.15) is 124 Å². The standard InChI is InChI=1S/C37H56N2O3/c1-25(2)8-6-9-26(3)31-13-14-32-30-12-11-28-22-29(17-19-36(28,4)33(30)18-20-37(31,32)5)42-35(41)16-15-34(40)39-24-27-10-7-21-38-23-27/h7,10-11,21,23,25-26,29-33H,6,8-9,12-20,22,24H2,1-5H3,(H,39,40)/t26-,29+,30+,31-,32+,33+,36+,37-/m1/s1. The number of fused-ring (bicyclic) bond motifs is 5. The van der Waals surface area contributed by atoms with Crippen LogP contribution < -0.4 is 5.32 Å². The molecule has 0 spiro atoms. The van der Waals surface area contributed by atoms with Crippen molar-refractivity contribution in [1.82, 2.24) is 10.3 Å². The average Bonchev–Trinajstić information content (AvgIpc) is 3.33. The quantitative estimate of drug-likeness (QED) is 0.212. The summed E-state index contributed by atoms with van der Waals surface area (Å²) >= 11 is 0. The van der Waals surface area contributed by atoms with E-state index >= 15 is 0 Å². The molecule has 5 heteroatoms. The van der Waals surface area contributed by atoms with Crippen molar-refractivity contribution in [3.63, 3.8) is 0 Å². The summed E-state index contributed by atoms with van der Waals surface area (Å²) < 4.78 is 5.94. The molecule has 4 aliphatic rings. The van der Waals surface area contributed by atoms with Gasteiger partial charge in [-0.25, -0.2) is 0 Å². The summed E-state index contributed by atoms with van der Waals surface area (Å²) in [5.41, 5.74) is 3.25. The smallest absolute Gasteiger partial charge is 0.306 e. The molecule has 3 fully saturated rings. The number of allylic oxidation sites excluding steroid dienone is 1. The fourth-order valence-corrected chi connectivity index (χ4v) is 10.0. The van der Waals surface area contributed by atoms with Crippen LogP contribution in [0.5, 0.6) is 0 Å². The van der Waals surface area contributed by atoms with Gasteiger partial charge in [-0.2, -0.15) is 0 Å². The van der Waals surface area contributed by atoms with Crippen LogP contribution in [0.3, 0.4) is 0 Å². The summed E-state index contributed by atoms with van der Waals surface area (Å²) in [6.07, 6.45) is 20.1. The number of carbonyl (C=O) groups is 2. The highest BCUT2D eigenvalue weighted by Crippen LogP contribution is 2.67. The predicted molar refractivity (Wildman–Crippen MR) is 168 cm³/mol. The Labute approximate surface area is 255 Å². The number of nitrogens with one attached hydrogen (secondary N) is 1. The van der Waals surface area contributed by atoms with Crippen molar-refractivity contribution in [2.75, 3.05) is 0 Å². The highest BCUT2D eigenvalue weighted by Gasteiger charge is 2.59. The maximum atomic E-state index is 12.7. The molecule has 0 bridgehead atoms. The summed E-state index contributed by atoms with van der Waals surface area (Å²) in [6, 6.07) is 3.77. The van der Waals surface area contributed by atoms with Gasteiger partial charge in [-0.3, -0.25) is 14.6 Å². The van der Waals surface area contributed by atoms with E-state index in [9.17, 15) is 9.59 Å². The Hall–Kier alpha value is -2.17. The lowest BCUT2D eigenvalue weighted by atomic mass is 9.47.